The minimum absolute atomic E-state index is 0.0161. The predicted molar refractivity (Wildman–Crippen MR) is 119 cm³/mol. The maximum absolute atomic E-state index is 10.2. The third-order valence-electron chi connectivity index (χ3n) is 5.35. The lowest BCUT2D eigenvalue weighted by atomic mass is 10.0. The number of aliphatic hydroxyl groups excluding tert-OH is 2. The Hall–Kier alpha value is -0.380. The van der Waals surface area contributed by atoms with Crippen LogP contribution in [0.25, 0.3) is 0 Å². The molecule has 0 aromatic rings. The fourth-order valence-electron chi connectivity index (χ4n) is 3.43. The van der Waals surface area contributed by atoms with Gasteiger partial charge in [-0.15, -0.1) is 0 Å². The summed E-state index contributed by atoms with van der Waals surface area (Å²) in [5.41, 5.74) is 0. The molecule has 2 unspecified atom stereocenters. The SMILES string of the molecule is CCCCCCCCCCCCCC=CC(O)C(CO)NCCCCCC. The van der Waals surface area contributed by atoms with E-state index in [0.717, 1.165) is 19.4 Å². The largest absolute Gasteiger partial charge is 0.395 e. The summed E-state index contributed by atoms with van der Waals surface area (Å²) in [6.45, 7) is 5.33. The number of hydrogen-bond acceptors (Lipinski definition) is 3. The summed E-state index contributed by atoms with van der Waals surface area (Å²) in [7, 11) is 0. The molecule has 0 fully saturated rings. The summed E-state index contributed by atoms with van der Waals surface area (Å²) in [6.07, 6.45) is 24.2. The van der Waals surface area contributed by atoms with E-state index < -0.39 is 6.10 Å². The van der Waals surface area contributed by atoms with Gasteiger partial charge in [0.1, 0.15) is 0 Å². The normalized spacial score (nSPS) is 14.1. The second-order valence-corrected chi connectivity index (χ2v) is 8.05. The second kappa shape index (κ2) is 21.9. The second-order valence-electron chi connectivity index (χ2n) is 8.05. The first-order chi connectivity index (χ1) is 13.3. The minimum Gasteiger partial charge on any atom is -0.395 e. The molecule has 0 saturated carbocycles. The molecule has 0 heterocycles. The van der Waals surface area contributed by atoms with Crippen molar-refractivity contribution in [1.29, 1.82) is 0 Å². The Morgan fingerprint density at radius 3 is 1.70 bits per heavy atom. The Morgan fingerprint density at radius 2 is 1.19 bits per heavy atom. The van der Waals surface area contributed by atoms with Crippen LogP contribution < -0.4 is 5.32 Å². The van der Waals surface area contributed by atoms with Crippen LogP contribution >= 0.6 is 0 Å². The first-order valence-corrected chi connectivity index (χ1v) is 11.9. The van der Waals surface area contributed by atoms with Crippen LogP contribution in [0.4, 0.5) is 0 Å². The molecule has 0 aliphatic carbocycles. The van der Waals surface area contributed by atoms with Crippen LogP contribution in [-0.4, -0.2) is 35.5 Å². The van der Waals surface area contributed by atoms with Crippen LogP contribution in [0.2, 0.25) is 0 Å². The average molecular weight is 384 g/mol. The van der Waals surface area contributed by atoms with Gasteiger partial charge in [-0.3, -0.25) is 0 Å². The van der Waals surface area contributed by atoms with E-state index in [2.05, 4.69) is 25.2 Å². The minimum atomic E-state index is -0.589. The lowest BCUT2D eigenvalue weighted by Crippen LogP contribution is -2.42. The number of allylic oxidation sites excluding steroid dienone is 1. The molecule has 3 nitrogen and oxygen atoms in total. The van der Waals surface area contributed by atoms with E-state index in [1.807, 2.05) is 6.08 Å². The van der Waals surface area contributed by atoms with Crippen molar-refractivity contribution >= 4 is 0 Å². The van der Waals surface area contributed by atoms with Crippen LogP contribution in [0.15, 0.2) is 12.2 Å². The van der Waals surface area contributed by atoms with Crippen molar-refractivity contribution in [2.24, 2.45) is 0 Å². The molecule has 162 valence electrons. The molecule has 27 heavy (non-hydrogen) atoms. The Bertz CT molecular complexity index is 307. The molecule has 0 radical (unpaired) electrons. The number of hydrogen-bond donors (Lipinski definition) is 3. The van der Waals surface area contributed by atoms with Crippen molar-refractivity contribution in [3.8, 4) is 0 Å². The van der Waals surface area contributed by atoms with E-state index in [1.54, 1.807) is 0 Å². The smallest absolute Gasteiger partial charge is 0.0896 e. The van der Waals surface area contributed by atoms with E-state index in [0.29, 0.717) is 0 Å². The van der Waals surface area contributed by atoms with Gasteiger partial charge in [0.15, 0.2) is 0 Å². The van der Waals surface area contributed by atoms with Gasteiger partial charge in [0, 0.05) is 0 Å². The third kappa shape index (κ3) is 18.7. The molecule has 0 aliphatic rings. The van der Waals surface area contributed by atoms with Gasteiger partial charge < -0.3 is 15.5 Å². The summed E-state index contributed by atoms with van der Waals surface area (Å²) in [5.74, 6) is 0. The zero-order valence-electron chi connectivity index (χ0n) is 18.4. The van der Waals surface area contributed by atoms with Crippen LogP contribution in [0.3, 0.4) is 0 Å². The van der Waals surface area contributed by atoms with Crippen molar-refractivity contribution in [3.05, 3.63) is 12.2 Å². The Kier molecular flexibility index (Phi) is 21.6. The quantitative estimate of drug-likeness (QED) is 0.165. The van der Waals surface area contributed by atoms with E-state index in [9.17, 15) is 10.2 Å². The monoisotopic (exact) mass is 383 g/mol. The fourth-order valence-corrected chi connectivity index (χ4v) is 3.43. The summed E-state index contributed by atoms with van der Waals surface area (Å²) in [6, 6.07) is -0.236. The summed E-state index contributed by atoms with van der Waals surface area (Å²) >= 11 is 0. The van der Waals surface area contributed by atoms with Crippen molar-refractivity contribution in [2.75, 3.05) is 13.2 Å². The highest BCUT2D eigenvalue weighted by molar-refractivity contribution is 4.94. The van der Waals surface area contributed by atoms with Gasteiger partial charge in [0.05, 0.1) is 18.8 Å². The summed E-state index contributed by atoms with van der Waals surface area (Å²) < 4.78 is 0. The van der Waals surface area contributed by atoms with Crippen molar-refractivity contribution in [1.82, 2.24) is 5.32 Å². The number of nitrogens with one attached hydrogen (secondary N) is 1. The lowest BCUT2D eigenvalue weighted by Gasteiger charge is -2.19. The molecule has 2 atom stereocenters. The van der Waals surface area contributed by atoms with Crippen molar-refractivity contribution in [2.45, 2.75) is 129 Å². The molecule has 0 bridgehead atoms. The lowest BCUT2D eigenvalue weighted by molar-refractivity contribution is 0.123. The van der Waals surface area contributed by atoms with Gasteiger partial charge in [-0.25, -0.2) is 0 Å². The summed E-state index contributed by atoms with van der Waals surface area (Å²) in [5, 5.41) is 22.9. The first-order valence-electron chi connectivity index (χ1n) is 11.9. The third-order valence-corrected chi connectivity index (χ3v) is 5.35. The van der Waals surface area contributed by atoms with E-state index in [4.69, 9.17) is 0 Å². The highest BCUT2D eigenvalue weighted by atomic mass is 16.3. The fraction of sp³-hybridized carbons (Fsp3) is 0.917. The maximum atomic E-state index is 10.2. The predicted octanol–water partition coefficient (Wildman–Crippen LogP) is 6.14. The molecule has 0 aliphatic heterocycles. The molecule has 0 rings (SSSR count). The van der Waals surface area contributed by atoms with Gasteiger partial charge >= 0.3 is 0 Å². The molecule has 0 aromatic heterocycles. The molecule has 0 saturated heterocycles. The Balaban J connectivity index is 3.51. The van der Waals surface area contributed by atoms with E-state index >= 15 is 0 Å². The molecule has 0 aromatic carbocycles. The van der Waals surface area contributed by atoms with Crippen LogP contribution in [-0.2, 0) is 0 Å². The van der Waals surface area contributed by atoms with Gasteiger partial charge in [0.25, 0.3) is 0 Å². The zero-order valence-corrected chi connectivity index (χ0v) is 18.4. The van der Waals surface area contributed by atoms with E-state index in [1.165, 1.54) is 89.9 Å². The van der Waals surface area contributed by atoms with Crippen LogP contribution in [0.1, 0.15) is 117 Å². The van der Waals surface area contributed by atoms with E-state index in [-0.39, 0.29) is 12.6 Å². The Labute approximate surface area is 170 Å². The highest BCUT2D eigenvalue weighted by Crippen LogP contribution is 2.12. The number of rotatable bonds is 21. The van der Waals surface area contributed by atoms with Crippen molar-refractivity contribution < 1.29 is 10.2 Å². The standard InChI is InChI=1S/C24H49NO2/c1-3-5-7-9-10-11-12-13-14-15-16-17-18-20-24(27)23(22-26)25-21-19-8-6-4-2/h18,20,23-27H,3-17,19,21-22H2,1-2H3. The molecular weight excluding hydrogens is 334 g/mol. The molecule has 3 N–H and O–H groups in total. The topological polar surface area (TPSA) is 52.5 Å². The van der Waals surface area contributed by atoms with Gasteiger partial charge in [-0.2, -0.15) is 0 Å². The van der Waals surface area contributed by atoms with Gasteiger partial charge in [-0.1, -0.05) is 109 Å². The molecule has 0 amide bonds. The zero-order chi connectivity index (χ0) is 20.0. The molecule has 0 spiro atoms. The van der Waals surface area contributed by atoms with Crippen molar-refractivity contribution in [3.63, 3.8) is 0 Å². The van der Waals surface area contributed by atoms with Gasteiger partial charge in [-0.05, 0) is 25.8 Å². The first kappa shape index (κ1) is 26.6. The van der Waals surface area contributed by atoms with Crippen LogP contribution in [0, 0.1) is 0 Å². The number of aliphatic hydroxyl groups is 2. The van der Waals surface area contributed by atoms with Gasteiger partial charge in [0.2, 0.25) is 0 Å². The number of unbranched alkanes of at least 4 members (excludes halogenated alkanes) is 14. The molecule has 3 heteroatoms. The highest BCUT2D eigenvalue weighted by Gasteiger charge is 2.14. The molecular formula is C24H49NO2. The van der Waals surface area contributed by atoms with Crippen LogP contribution in [0.5, 0.6) is 0 Å². The Morgan fingerprint density at radius 1 is 0.704 bits per heavy atom. The summed E-state index contributed by atoms with van der Waals surface area (Å²) in [4.78, 5) is 0. The maximum Gasteiger partial charge on any atom is 0.0896 e. The average Bonchev–Trinajstić information content (AvgIpc) is 2.68.